The Balaban J connectivity index is 1.78. The molecular formula is C26H27N7O4S. The first-order chi connectivity index (χ1) is 18.1. The zero-order valence-electron chi connectivity index (χ0n) is 21.3. The minimum Gasteiger partial charge on any atom is -0.439 e. The molecule has 0 unspecified atom stereocenters. The highest BCUT2D eigenvalue weighted by Gasteiger charge is 2.21. The van der Waals surface area contributed by atoms with Crippen LogP contribution in [0.4, 0.5) is 5.95 Å². The molecule has 11 nitrogen and oxygen atoms in total. The number of hydrogen-bond donors (Lipinski definition) is 3. The number of hydrogen-bond acceptors (Lipinski definition) is 8. The van der Waals surface area contributed by atoms with Gasteiger partial charge in [-0.3, -0.25) is 9.48 Å². The molecule has 12 heteroatoms. The molecule has 0 aliphatic rings. The van der Waals surface area contributed by atoms with E-state index in [1.807, 2.05) is 32.0 Å². The van der Waals surface area contributed by atoms with Crippen molar-refractivity contribution in [2.75, 3.05) is 11.3 Å². The first-order valence-corrected chi connectivity index (χ1v) is 13.1. The Morgan fingerprint density at radius 1 is 1.11 bits per heavy atom. The number of benzene rings is 2. The van der Waals surface area contributed by atoms with Gasteiger partial charge in [-0.05, 0) is 44.0 Å². The van der Waals surface area contributed by atoms with Gasteiger partial charge in [0.05, 0.1) is 18.4 Å². The summed E-state index contributed by atoms with van der Waals surface area (Å²) in [6.07, 6.45) is 3.69. The number of aromatic nitrogens is 4. The van der Waals surface area contributed by atoms with Crippen LogP contribution in [0.1, 0.15) is 27.0 Å². The number of sulfonamides is 1. The Hall–Kier alpha value is -4.58. The Morgan fingerprint density at radius 3 is 2.47 bits per heavy atom. The topological polar surface area (TPSA) is 152 Å². The first-order valence-electron chi connectivity index (χ1n) is 11.6. The van der Waals surface area contributed by atoms with E-state index in [1.54, 1.807) is 38.2 Å². The Bertz CT molecular complexity index is 1610. The lowest BCUT2D eigenvalue weighted by molar-refractivity contribution is 0.0958. The van der Waals surface area contributed by atoms with Crippen LogP contribution in [0.3, 0.4) is 0 Å². The average molecular weight is 534 g/mol. The number of carbonyl (C=O) groups excluding carboxylic acids is 1. The maximum Gasteiger partial charge on any atom is 0.267 e. The van der Waals surface area contributed by atoms with Gasteiger partial charge in [-0.25, -0.2) is 18.1 Å². The van der Waals surface area contributed by atoms with Gasteiger partial charge in [0.15, 0.2) is 0 Å². The van der Waals surface area contributed by atoms with E-state index in [-0.39, 0.29) is 29.2 Å². The quantitative estimate of drug-likeness (QED) is 0.277. The second-order valence-corrected chi connectivity index (χ2v) is 10.3. The van der Waals surface area contributed by atoms with Gasteiger partial charge in [-0.15, -0.1) is 0 Å². The number of aryl methyl sites for hydroxylation is 3. The zero-order chi connectivity index (χ0) is 27.4. The Kier molecular flexibility index (Phi) is 7.53. The smallest absolute Gasteiger partial charge is 0.267 e. The second kappa shape index (κ2) is 10.8. The van der Waals surface area contributed by atoms with E-state index in [2.05, 4.69) is 25.1 Å². The maximum absolute atomic E-state index is 13.0. The van der Waals surface area contributed by atoms with Crippen LogP contribution >= 0.6 is 0 Å². The van der Waals surface area contributed by atoms with Crippen LogP contribution in [0.2, 0.25) is 0 Å². The number of carbonyl (C=O) groups is 1. The molecule has 0 saturated carbocycles. The van der Waals surface area contributed by atoms with Gasteiger partial charge in [-0.1, -0.05) is 24.3 Å². The minimum absolute atomic E-state index is 0.0389. The van der Waals surface area contributed by atoms with Crippen LogP contribution in [0.5, 0.6) is 11.6 Å². The largest absolute Gasteiger partial charge is 0.439 e. The van der Waals surface area contributed by atoms with Crippen LogP contribution < -0.4 is 14.8 Å². The van der Waals surface area contributed by atoms with Crippen molar-refractivity contribution in [3.8, 4) is 22.9 Å². The molecule has 0 atom stereocenters. The molecule has 0 bridgehead atoms. The summed E-state index contributed by atoms with van der Waals surface area (Å²) < 4.78 is 35.8. The number of anilines is 1. The molecule has 0 saturated heterocycles. The predicted molar refractivity (Wildman–Crippen MR) is 143 cm³/mol. The molecule has 0 fully saturated rings. The third kappa shape index (κ3) is 5.70. The molecule has 196 valence electrons. The van der Waals surface area contributed by atoms with Crippen LogP contribution in [0, 0.1) is 26.2 Å². The van der Waals surface area contributed by atoms with Crippen molar-refractivity contribution in [1.29, 1.82) is 5.41 Å². The van der Waals surface area contributed by atoms with Crippen molar-refractivity contribution < 1.29 is 17.9 Å². The molecule has 38 heavy (non-hydrogen) atoms. The standard InChI is InChI=1S/C26H27N7O4S/c1-16-7-5-8-17(2)24(16)21-13-23(31-26(30-21)32-38(35,36)19-14-29-33(4)15-19)37-22-10-6-9-20(18(22)3)25(34)28-12-11-27/h5-11,13-15,27H,12H2,1-4H3,(H,28,34)(H,30,31,32). The zero-order valence-corrected chi connectivity index (χ0v) is 22.1. The summed E-state index contributed by atoms with van der Waals surface area (Å²) in [5.74, 6) is -0.0803. The number of nitrogens with zero attached hydrogens (tertiary/aromatic N) is 4. The molecule has 4 rings (SSSR count). The minimum atomic E-state index is -4.02. The summed E-state index contributed by atoms with van der Waals surface area (Å²) in [5, 5.41) is 13.7. The average Bonchev–Trinajstić information content (AvgIpc) is 3.31. The van der Waals surface area contributed by atoms with Crippen LogP contribution in [-0.2, 0) is 17.1 Å². The van der Waals surface area contributed by atoms with Gasteiger partial charge in [0.2, 0.25) is 11.8 Å². The lowest BCUT2D eigenvalue weighted by Crippen LogP contribution is -2.25. The molecule has 4 aromatic rings. The summed E-state index contributed by atoms with van der Waals surface area (Å²) in [7, 11) is -2.41. The maximum atomic E-state index is 13.0. The Labute approximate surface area is 220 Å². The second-order valence-electron chi connectivity index (χ2n) is 8.58. The third-order valence-corrected chi connectivity index (χ3v) is 7.05. The van der Waals surface area contributed by atoms with E-state index >= 15 is 0 Å². The SMILES string of the molecule is Cc1cccc(C)c1-c1cc(Oc2cccc(C(=O)NCC=N)c2C)nc(NS(=O)(=O)c2cnn(C)c2)n1. The lowest BCUT2D eigenvalue weighted by atomic mass is 10.00. The monoisotopic (exact) mass is 533 g/mol. The lowest BCUT2D eigenvalue weighted by Gasteiger charge is -2.15. The molecule has 3 N–H and O–H groups in total. The summed E-state index contributed by atoms with van der Waals surface area (Å²) in [5.41, 5.74) is 4.10. The highest BCUT2D eigenvalue weighted by Crippen LogP contribution is 2.32. The van der Waals surface area contributed by atoms with E-state index < -0.39 is 10.0 Å². The fraction of sp³-hybridized carbons (Fsp3) is 0.192. The van der Waals surface area contributed by atoms with Gasteiger partial charge in [-0.2, -0.15) is 10.1 Å². The number of amides is 1. The van der Waals surface area contributed by atoms with Crippen molar-refractivity contribution in [1.82, 2.24) is 25.1 Å². The van der Waals surface area contributed by atoms with E-state index in [9.17, 15) is 13.2 Å². The normalized spacial score (nSPS) is 11.2. The third-order valence-electron chi connectivity index (χ3n) is 5.76. The van der Waals surface area contributed by atoms with Gasteiger partial charge in [0.25, 0.3) is 15.9 Å². The van der Waals surface area contributed by atoms with Gasteiger partial charge >= 0.3 is 0 Å². The van der Waals surface area contributed by atoms with Crippen molar-refractivity contribution >= 4 is 28.1 Å². The summed E-state index contributed by atoms with van der Waals surface area (Å²) >= 11 is 0. The molecule has 2 heterocycles. The molecule has 0 aliphatic heterocycles. The molecule has 0 radical (unpaired) electrons. The van der Waals surface area contributed by atoms with Crippen molar-refractivity contribution in [2.45, 2.75) is 25.7 Å². The molecular weight excluding hydrogens is 506 g/mol. The van der Waals surface area contributed by atoms with E-state index in [1.165, 1.54) is 17.1 Å². The van der Waals surface area contributed by atoms with Crippen LogP contribution in [-0.4, -0.2) is 46.8 Å². The highest BCUT2D eigenvalue weighted by molar-refractivity contribution is 7.92. The summed E-state index contributed by atoms with van der Waals surface area (Å²) in [6.45, 7) is 5.71. The van der Waals surface area contributed by atoms with Crippen molar-refractivity contribution in [3.05, 3.63) is 77.1 Å². The van der Waals surface area contributed by atoms with Gasteiger partial charge in [0.1, 0.15) is 10.6 Å². The van der Waals surface area contributed by atoms with E-state index in [0.29, 0.717) is 22.6 Å². The number of ether oxygens (including phenoxy) is 1. The molecule has 2 aromatic heterocycles. The van der Waals surface area contributed by atoms with Crippen molar-refractivity contribution in [2.24, 2.45) is 7.05 Å². The molecule has 1 amide bonds. The highest BCUT2D eigenvalue weighted by atomic mass is 32.2. The van der Waals surface area contributed by atoms with Gasteiger partial charge < -0.3 is 15.5 Å². The fourth-order valence-electron chi connectivity index (χ4n) is 3.91. The predicted octanol–water partition coefficient (Wildman–Crippen LogP) is 3.77. The van der Waals surface area contributed by atoms with Crippen LogP contribution in [0.25, 0.3) is 11.3 Å². The summed E-state index contributed by atoms with van der Waals surface area (Å²) in [4.78, 5) is 21.3. The van der Waals surface area contributed by atoms with E-state index in [4.69, 9.17) is 10.1 Å². The molecule has 0 aliphatic carbocycles. The van der Waals surface area contributed by atoms with Crippen LogP contribution in [0.15, 0.2) is 59.8 Å². The molecule has 0 spiro atoms. The Morgan fingerprint density at radius 2 is 1.82 bits per heavy atom. The summed E-state index contributed by atoms with van der Waals surface area (Å²) in [6, 6.07) is 12.4. The van der Waals surface area contributed by atoms with Gasteiger partial charge in [0, 0.05) is 42.2 Å². The number of rotatable bonds is 9. The molecule has 2 aromatic carbocycles. The first kappa shape index (κ1) is 26.5. The number of nitrogens with one attached hydrogen (secondary N) is 3. The van der Waals surface area contributed by atoms with Crippen molar-refractivity contribution in [3.63, 3.8) is 0 Å². The van der Waals surface area contributed by atoms with E-state index in [0.717, 1.165) is 22.9 Å². The fourth-order valence-corrected chi connectivity index (χ4v) is 4.84.